The molecule has 0 bridgehead atoms. The van der Waals surface area contributed by atoms with Crippen molar-refractivity contribution in [1.82, 2.24) is 10.3 Å². The first-order chi connectivity index (χ1) is 9.62. The number of carbonyl (C=O) groups is 1. The van der Waals surface area contributed by atoms with Crippen molar-refractivity contribution in [2.24, 2.45) is 0 Å². The van der Waals surface area contributed by atoms with Gasteiger partial charge in [0.1, 0.15) is 11.3 Å². The monoisotopic (exact) mass is 326 g/mol. The number of pyridine rings is 1. The first-order valence-electron chi connectivity index (χ1n) is 5.96. The Morgan fingerprint density at radius 3 is 2.62 bits per heavy atom. The van der Waals surface area contributed by atoms with Gasteiger partial charge in [0.2, 0.25) is 5.91 Å². The summed E-state index contributed by atoms with van der Waals surface area (Å²) >= 11 is 5.53. The normalized spacial score (nSPS) is 14.6. The molecule has 2 unspecified atom stereocenters. The van der Waals surface area contributed by atoms with Crippen LogP contribution in [-0.2, 0) is 11.0 Å². The second-order valence-corrected chi connectivity index (χ2v) is 4.76. The minimum Gasteiger partial charge on any atom is -0.390 e. The van der Waals surface area contributed by atoms with Gasteiger partial charge in [0, 0.05) is 19.7 Å². The minimum atomic E-state index is -4.73. The zero-order valence-electron chi connectivity index (χ0n) is 11.0. The van der Waals surface area contributed by atoms with Crippen LogP contribution in [0.2, 0.25) is 5.15 Å². The number of hydrogen-bond donors (Lipinski definition) is 3. The van der Waals surface area contributed by atoms with Crippen molar-refractivity contribution < 1.29 is 28.2 Å². The molecular weight excluding hydrogens is 313 g/mol. The van der Waals surface area contributed by atoms with Crippen LogP contribution in [-0.4, -0.2) is 33.8 Å². The Bertz CT molecular complexity index is 511. The van der Waals surface area contributed by atoms with Crippen LogP contribution in [0.3, 0.4) is 0 Å². The average Bonchev–Trinajstić information content (AvgIpc) is 2.35. The summed E-state index contributed by atoms with van der Waals surface area (Å²) in [5.74, 6) is -0.348. The fraction of sp³-hybridized carbons (Fsp3) is 0.500. The lowest BCUT2D eigenvalue weighted by atomic mass is 9.98. The molecule has 9 heteroatoms. The van der Waals surface area contributed by atoms with Crippen LogP contribution in [0.25, 0.3) is 0 Å². The van der Waals surface area contributed by atoms with Gasteiger partial charge in [0.15, 0.2) is 0 Å². The summed E-state index contributed by atoms with van der Waals surface area (Å²) in [6.45, 7) is 1.28. The van der Waals surface area contributed by atoms with E-state index in [0.717, 1.165) is 6.07 Å². The lowest BCUT2D eigenvalue weighted by molar-refractivity contribution is -0.140. The zero-order chi connectivity index (χ0) is 16.2. The van der Waals surface area contributed by atoms with E-state index < -0.39 is 29.5 Å². The fourth-order valence-electron chi connectivity index (χ4n) is 1.69. The molecule has 0 aliphatic carbocycles. The second-order valence-electron chi connectivity index (χ2n) is 4.38. The molecule has 0 saturated carbocycles. The van der Waals surface area contributed by atoms with Crippen molar-refractivity contribution in [3.05, 3.63) is 28.5 Å². The predicted molar refractivity (Wildman–Crippen MR) is 68.5 cm³/mol. The van der Waals surface area contributed by atoms with E-state index in [0.29, 0.717) is 6.20 Å². The van der Waals surface area contributed by atoms with E-state index in [1.54, 1.807) is 0 Å². The molecular formula is C12H14ClF3N2O3. The fourth-order valence-corrected chi connectivity index (χ4v) is 1.85. The Morgan fingerprint density at radius 1 is 1.48 bits per heavy atom. The third kappa shape index (κ3) is 5.14. The number of aliphatic hydroxyl groups excluding tert-OH is 2. The molecule has 0 aliphatic heterocycles. The summed E-state index contributed by atoms with van der Waals surface area (Å²) in [6, 6.07) is 0.858. The highest BCUT2D eigenvalue weighted by Gasteiger charge is 2.37. The number of rotatable bonds is 5. The van der Waals surface area contributed by atoms with Crippen LogP contribution in [0.15, 0.2) is 12.3 Å². The summed E-state index contributed by atoms with van der Waals surface area (Å²) in [6.07, 6.45) is -7.63. The molecule has 1 rings (SSSR count). The van der Waals surface area contributed by atoms with Crippen molar-refractivity contribution in [3.8, 4) is 0 Å². The molecule has 0 radical (unpaired) electrons. The van der Waals surface area contributed by atoms with Crippen LogP contribution >= 0.6 is 11.6 Å². The number of halogens is 4. The Kier molecular flexibility index (Phi) is 5.94. The molecule has 1 aromatic heterocycles. The maximum atomic E-state index is 12.8. The van der Waals surface area contributed by atoms with Gasteiger partial charge >= 0.3 is 6.18 Å². The number of amides is 1. The Hall–Kier alpha value is -1.38. The van der Waals surface area contributed by atoms with Crippen LogP contribution in [0.4, 0.5) is 13.2 Å². The highest BCUT2D eigenvalue weighted by atomic mass is 35.5. The third-order valence-electron chi connectivity index (χ3n) is 2.71. The van der Waals surface area contributed by atoms with Crippen molar-refractivity contribution in [3.63, 3.8) is 0 Å². The number of nitrogens with one attached hydrogen (secondary N) is 1. The molecule has 0 aromatic carbocycles. The van der Waals surface area contributed by atoms with Gasteiger partial charge in [-0.2, -0.15) is 13.2 Å². The summed E-state index contributed by atoms with van der Waals surface area (Å²) in [4.78, 5) is 14.0. The Labute approximate surface area is 123 Å². The predicted octanol–water partition coefficient (Wildman–Crippen LogP) is 1.67. The van der Waals surface area contributed by atoms with E-state index in [1.807, 2.05) is 0 Å². The molecule has 0 spiro atoms. The summed E-state index contributed by atoms with van der Waals surface area (Å²) in [7, 11) is 0. The Morgan fingerprint density at radius 2 is 2.10 bits per heavy atom. The molecule has 1 amide bonds. The van der Waals surface area contributed by atoms with E-state index in [4.69, 9.17) is 11.6 Å². The number of aliphatic hydroxyl groups is 2. The maximum Gasteiger partial charge on any atom is 0.418 e. The molecule has 21 heavy (non-hydrogen) atoms. The van der Waals surface area contributed by atoms with Gasteiger partial charge in [-0.05, 0) is 18.1 Å². The second kappa shape index (κ2) is 7.06. The van der Waals surface area contributed by atoms with Gasteiger partial charge in [-0.15, -0.1) is 0 Å². The van der Waals surface area contributed by atoms with Crippen molar-refractivity contribution in [1.29, 1.82) is 0 Å². The zero-order valence-corrected chi connectivity index (χ0v) is 11.7. The van der Waals surface area contributed by atoms with E-state index in [9.17, 15) is 28.2 Å². The molecule has 0 aliphatic rings. The summed E-state index contributed by atoms with van der Waals surface area (Å²) in [5.41, 5.74) is -1.73. The molecule has 5 nitrogen and oxygen atoms in total. The van der Waals surface area contributed by atoms with E-state index in [-0.39, 0.29) is 24.0 Å². The summed E-state index contributed by atoms with van der Waals surface area (Å²) in [5, 5.41) is 21.7. The lowest BCUT2D eigenvalue weighted by Gasteiger charge is -2.21. The van der Waals surface area contributed by atoms with E-state index >= 15 is 0 Å². The molecule has 2 atom stereocenters. The van der Waals surface area contributed by atoms with Gasteiger partial charge < -0.3 is 15.5 Å². The number of carbonyl (C=O) groups excluding carboxylic acids is 1. The van der Waals surface area contributed by atoms with E-state index in [2.05, 4.69) is 10.3 Å². The van der Waals surface area contributed by atoms with Crippen LogP contribution in [0.5, 0.6) is 0 Å². The lowest BCUT2D eigenvalue weighted by Crippen LogP contribution is -2.28. The maximum absolute atomic E-state index is 12.8. The number of hydrogen-bond acceptors (Lipinski definition) is 4. The van der Waals surface area contributed by atoms with Gasteiger partial charge in [0.25, 0.3) is 0 Å². The van der Waals surface area contributed by atoms with E-state index in [1.165, 1.54) is 6.92 Å². The van der Waals surface area contributed by atoms with Gasteiger partial charge in [0.05, 0.1) is 11.7 Å². The highest BCUT2D eigenvalue weighted by Crippen LogP contribution is 2.36. The highest BCUT2D eigenvalue weighted by molar-refractivity contribution is 6.29. The number of aromatic nitrogens is 1. The van der Waals surface area contributed by atoms with Crippen molar-refractivity contribution in [2.45, 2.75) is 31.7 Å². The summed E-state index contributed by atoms with van der Waals surface area (Å²) < 4.78 is 38.5. The minimum absolute atomic E-state index is 0.0216. The van der Waals surface area contributed by atoms with Crippen molar-refractivity contribution in [2.75, 3.05) is 6.54 Å². The molecule has 3 N–H and O–H groups in total. The molecule has 0 fully saturated rings. The molecule has 1 aromatic rings. The van der Waals surface area contributed by atoms with Crippen LogP contribution < -0.4 is 5.32 Å². The molecule has 1 heterocycles. The Balaban J connectivity index is 2.92. The smallest absolute Gasteiger partial charge is 0.390 e. The van der Waals surface area contributed by atoms with Crippen LogP contribution in [0.1, 0.15) is 30.6 Å². The molecule has 118 valence electrons. The number of nitrogens with zero attached hydrogens (tertiary/aromatic N) is 1. The third-order valence-corrected chi connectivity index (χ3v) is 2.91. The van der Waals surface area contributed by atoms with Gasteiger partial charge in [-0.1, -0.05) is 11.6 Å². The first kappa shape index (κ1) is 17.7. The number of alkyl halides is 3. The SMILES string of the molecule is CC(=O)NCCC(O)C(O)c1cc(Cl)ncc1C(F)(F)F. The quantitative estimate of drug-likeness (QED) is 0.719. The largest absolute Gasteiger partial charge is 0.418 e. The van der Waals surface area contributed by atoms with Crippen molar-refractivity contribution >= 4 is 17.5 Å². The molecule has 0 saturated heterocycles. The average molecular weight is 327 g/mol. The van der Waals surface area contributed by atoms with Crippen LogP contribution in [0, 0.1) is 0 Å². The first-order valence-corrected chi connectivity index (χ1v) is 6.34. The standard InChI is InChI=1S/C12H14ClF3N2O3/c1-6(19)17-3-2-9(20)11(21)7-4-10(13)18-5-8(7)12(14,15)16/h4-5,9,11,20-21H,2-3H2,1H3,(H,17,19). The van der Waals surface area contributed by atoms with Gasteiger partial charge in [-0.25, -0.2) is 4.98 Å². The van der Waals surface area contributed by atoms with Gasteiger partial charge in [-0.3, -0.25) is 4.79 Å². The topological polar surface area (TPSA) is 82.5 Å².